The molecule has 1 amide bonds. The molecule has 1 aromatic heterocycles. The van der Waals surface area contributed by atoms with E-state index >= 15 is 0 Å². The van der Waals surface area contributed by atoms with E-state index in [1.54, 1.807) is 35.9 Å². The SMILES string of the molecule is CCNC(=NCC(=O)N1CCc2ccccc21)NCC(C)(O)c1cnn(C)c1.I. The Balaban J connectivity index is 0.00000300. The van der Waals surface area contributed by atoms with Crippen LogP contribution in [-0.4, -0.2) is 52.9 Å². The van der Waals surface area contributed by atoms with Gasteiger partial charge in [-0.25, -0.2) is 4.99 Å². The minimum absolute atomic E-state index is 0. The first-order valence-corrected chi connectivity index (χ1v) is 9.52. The number of nitrogens with zero attached hydrogens (tertiary/aromatic N) is 4. The van der Waals surface area contributed by atoms with Gasteiger partial charge in [0.1, 0.15) is 12.1 Å². The average molecular weight is 512 g/mol. The monoisotopic (exact) mass is 512 g/mol. The predicted molar refractivity (Wildman–Crippen MR) is 125 cm³/mol. The molecule has 1 aromatic carbocycles. The lowest BCUT2D eigenvalue weighted by molar-refractivity contribution is -0.117. The van der Waals surface area contributed by atoms with E-state index in [1.165, 1.54) is 5.56 Å². The lowest BCUT2D eigenvalue weighted by Gasteiger charge is -2.24. The highest BCUT2D eigenvalue weighted by molar-refractivity contribution is 14.0. The summed E-state index contributed by atoms with van der Waals surface area (Å²) in [7, 11) is 1.81. The number of aromatic nitrogens is 2. The molecule has 158 valence electrons. The summed E-state index contributed by atoms with van der Waals surface area (Å²) in [6.45, 7) is 5.29. The third kappa shape index (κ3) is 5.69. The number of hydrogen-bond acceptors (Lipinski definition) is 4. The zero-order valence-corrected chi connectivity index (χ0v) is 19.4. The quantitative estimate of drug-likeness (QED) is 0.309. The fraction of sp³-hybridized carbons (Fsp3) is 0.450. The molecule has 2 heterocycles. The van der Waals surface area contributed by atoms with Gasteiger partial charge in [0.25, 0.3) is 0 Å². The van der Waals surface area contributed by atoms with Crippen LogP contribution in [0.15, 0.2) is 41.7 Å². The first-order valence-electron chi connectivity index (χ1n) is 9.52. The van der Waals surface area contributed by atoms with Crippen LogP contribution in [0.5, 0.6) is 0 Å². The molecule has 3 rings (SSSR count). The van der Waals surface area contributed by atoms with Crippen molar-refractivity contribution in [1.82, 2.24) is 20.4 Å². The van der Waals surface area contributed by atoms with E-state index < -0.39 is 5.60 Å². The zero-order chi connectivity index (χ0) is 20.1. The van der Waals surface area contributed by atoms with E-state index in [-0.39, 0.29) is 43.0 Å². The van der Waals surface area contributed by atoms with Crippen LogP contribution in [-0.2, 0) is 23.9 Å². The number of nitrogens with one attached hydrogen (secondary N) is 2. The van der Waals surface area contributed by atoms with Crippen molar-refractivity contribution in [2.24, 2.45) is 12.0 Å². The van der Waals surface area contributed by atoms with Gasteiger partial charge in [0.15, 0.2) is 5.96 Å². The topological polar surface area (TPSA) is 94.8 Å². The molecule has 0 saturated heterocycles. The second kappa shape index (κ2) is 10.1. The minimum Gasteiger partial charge on any atom is -0.383 e. The van der Waals surface area contributed by atoms with Crippen molar-refractivity contribution in [3.05, 3.63) is 47.8 Å². The van der Waals surface area contributed by atoms with Gasteiger partial charge in [0, 0.05) is 37.6 Å². The number of rotatable bonds is 6. The molecule has 0 radical (unpaired) electrons. The van der Waals surface area contributed by atoms with E-state index in [4.69, 9.17) is 0 Å². The van der Waals surface area contributed by atoms with Crippen molar-refractivity contribution in [3.63, 3.8) is 0 Å². The Kier molecular flexibility index (Phi) is 8.03. The highest BCUT2D eigenvalue weighted by Gasteiger charge is 2.26. The Morgan fingerprint density at radius 2 is 2.10 bits per heavy atom. The fourth-order valence-corrected chi connectivity index (χ4v) is 3.23. The molecule has 1 atom stereocenters. The molecule has 1 aliphatic heterocycles. The summed E-state index contributed by atoms with van der Waals surface area (Å²) in [6.07, 6.45) is 4.29. The second-order valence-corrected chi connectivity index (χ2v) is 7.15. The van der Waals surface area contributed by atoms with E-state index in [0.29, 0.717) is 24.6 Å². The molecule has 0 saturated carbocycles. The zero-order valence-electron chi connectivity index (χ0n) is 17.1. The summed E-state index contributed by atoms with van der Waals surface area (Å²) < 4.78 is 1.65. The van der Waals surface area contributed by atoms with Crippen molar-refractivity contribution in [3.8, 4) is 0 Å². The van der Waals surface area contributed by atoms with E-state index in [1.807, 2.05) is 25.1 Å². The van der Waals surface area contributed by atoms with Gasteiger partial charge in [-0.3, -0.25) is 9.48 Å². The Hall–Kier alpha value is -2.14. The number of aliphatic hydroxyl groups is 1. The third-order valence-corrected chi connectivity index (χ3v) is 4.83. The number of anilines is 1. The van der Waals surface area contributed by atoms with E-state index in [0.717, 1.165) is 12.1 Å². The largest absolute Gasteiger partial charge is 0.383 e. The lowest BCUT2D eigenvalue weighted by Crippen LogP contribution is -2.45. The lowest BCUT2D eigenvalue weighted by atomic mass is 10.00. The summed E-state index contributed by atoms with van der Waals surface area (Å²) in [5, 5.41) is 21.0. The summed E-state index contributed by atoms with van der Waals surface area (Å²) in [5.41, 5.74) is 1.77. The number of fused-ring (bicyclic) bond motifs is 1. The first kappa shape index (κ1) is 23.1. The summed E-state index contributed by atoms with van der Waals surface area (Å²) in [6, 6.07) is 7.96. The van der Waals surface area contributed by atoms with Crippen LogP contribution in [0.2, 0.25) is 0 Å². The number of carbonyl (C=O) groups is 1. The van der Waals surface area contributed by atoms with Crippen LogP contribution >= 0.6 is 24.0 Å². The number of benzene rings is 1. The third-order valence-electron chi connectivity index (χ3n) is 4.83. The Morgan fingerprint density at radius 3 is 2.79 bits per heavy atom. The number of amides is 1. The first-order chi connectivity index (χ1) is 13.4. The van der Waals surface area contributed by atoms with Crippen molar-refractivity contribution in [2.75, 3.05) is 31.1 Å². The van der Waals surface area contributed by atoms with Crippen molar-refractivity contribution >= 4 is 41.5 Å². The van der Waals surface area contributed by atoms with Gasteiger partial charge in [-0.05, 0) is 31.9 Å². The highest BCUT2D eigenvalue weighted by Crippen LogP contribution is 2.27. The van der Waals surface area contributed by atoms with Gasteiger partial charge in [-0.2, -0.15) is 5.10 Å². The molecule has 0 aliphatic carbocycles. The maximum atomic E-state index is 12.6. The highest BCUT2D eigenvalue weighted by atomic mass is 127. The van der Waals surface area contributed by atoms with Crippen LogP contribution in [0.3, 0.4) is 0 Å². The fourth-order valence-electron chi connectivity index (χ4n) is 3.23. The van der Waals surface area contributed by atoms with Gasteiger partial charge >= 0.3 is 0 Å². The molecule has 1 unspecified atom stereocenters. The van der Waals surface area contributed by atoms with Crippen molar-refractivity contribution in [2.45, 2.75) is 25.9 Å². The molecule has 0 bridgehead atoms. The van der Waals surface area contributed by atoms with Gasteiger partial charge in [0.2, 0.25) is 5.91 Å². The number of guanidine groups is 1. The van der Waals surface area contributed by atoms with Crippen LogP contribution in [0, 0.1) is 0 Å². The molecule has 29 heavy (non-hydrogen) atoms. The summed E-state index contributed by atoms with van der Waals surface area (Å²) in [5.74, 6) is 0.452. The van der Waals surface area contributed by atoms with Crippen LogP contribution in [0.1, 0.15) is 25.0 Å². The molecule has 1 aliphatic rings. The van der Waals surface area contributed by atoms with Crippen LogP contribution in [0.4, 0.5) is 5.69 Å². The van der Waals surface area contributed by atoms with Gasteiger partial charge in [0.05, 0.1) is 12.7 Å². The number of halogens is 1. The molecular weight excluding hydrogens is 483 g/mol. The number of aliphatic imine (C=N–C) groups is 1. The molecule has 9 heteroatoms. The van der Waals surface area contributed by atoms with Crippen molar-refractivity contribution < 1.29 is 9.90 Å². The van der Waals surface area contributed by atoms with Crippen molar-refractivity contribution in [1.29, 1.82) is 0 Å². The number of aryl methyl sites for hydroxylation is 1. The maximum Gasteiger partial charge on any atom is 0.248 e. The molecule has 0 fully saturated rings. The molecule has 0 spiro atoms. The Labute approximate surface area is 188 Å². The van der Waals surface area contributed by atoms with E-state index in [2.05, 4.69) is 26.8 Å². The Bertz CT molecular complexity index is 864. The standard InChI is InChI=1S/C20H28N6O2.HI/c1-4-21-19(23-14-20(2,28)16-11-24-25(3)13-16)22-12-18(27)26-10-9-15-7-5-6-8-17(15)26;/h5-8,11,13,28H,4,9-10,12,14H2,1-3H3,(H2,21,22,23);1H. The van der Waals surface area contributed by atoms with Crippen LogP contribution < -0.4 is 15.5 Å². The number of carbonyl (C=O) groups excluding carboxylic acids is 1. The molecule has 3 N–H and O–H groups in total. The predicted octanol–water partition coefficient (Wildman–Crippen LogP) is 1.39. The molecule has 2 aromatic rings. The normalized spacial score (nSPS) is 15.3. The molecule has 8 nitrogen and oxygen atoms in total. The minimum atomic E-state index is -1.11. The van der Waals surface area contributed by atoms with E-state index in [9.17, 15) is 9.90 Å². The second-order valence-electron chi connectivity index (χ2n) is 7.15. The Morgan fingerprint density at radius 1 is 1.34 bits per heavy atom. The van der Waals surface area contributed by atoms with Gasteiger partial charge < -0.3 is 20.6 Å². The summed E-state index contributed by atoms with van der Waals surface area (Å²) in [4.78, 5) is 18.8. The average Bonchev–Trinajstić information content (AvgIpc) is 3.30. The van der Waals surface area contributed by atoms with Gasteiger partial charge in [-0.1, -0.05) is 18.2 Å². The maximum absolute atomic E-state index is 12.6. The molecular formula is C20H29IN6O2. The summed E-state index contributed by atoms with van der Waals surface area (Å²) >= 11 is 0. The smallest absolute Gasteiger partial charge is 0.248 e. The number of para-hydroxylation sites is 1. The number of hydrogen-bond donors (Lipinski definition) is 3. The van der Waals surface area contributed by atoms with Gasteiger partial charge in [-0.15, -0.1) is 24.0 Å². The van der Waals surface area contributed by atoms with Crippen LogP contribution in [0.25, 0.3) is 0 Å².